The van der Waals surface area contributed by atoms with Crippen LogP contribution in [0.1, 0.15) is 23.0 Å². The molecule has 0 fully saturated rings. The second-order valence-corrected chi connectivity index (χ2v) is 4.82. The highest BCUT2D eigenvalue weighted by molar-refractivity contribution is 5.20. The first-order valence-corrected chi connectivity index (χ1v) is 6.54. The SMILES string of the molecule is Cn1cnc2c1[C@@H](COCc1cccnc1)NCC2. The summed E-state index contributed by atoms with van der Waals surface area (Å²) in [5, 5.41) is 3.49. The molecule has 0 aromatic carbocycles. The van der Waals surface area contributed by atoms with Crippen molar-refractivity contribution in [3.8, 4) is 0 Å². The Bertz CT molecular complexity index is 538. The van der Waals surface area contributed by atoms with Crippen molar-refractivity contribution in [1.82, 2.24) is 19.9 Å². The van der Waals surface area contributed by atoms with Crippen LogP contribution in [0.25, 0.3) is 0 Å². The third-order valence-electron chi connectivity index (χ3n) is 3.42. The smallest absolute Gasteiger partial charge is 0.0949 e. The zero-order valence-corrected chi connectivity index (χ0v) is 11.0. The Balaban J connectivity index is 1.61. The Morgan fingerprint density at radius 2 is 2.47 bits per heavy atom. The summed E-state index contributed by atoms with van der Waals surface area (Å²) in [6.07, 6.45) is 6.49. The zero-order chi connectivity index (χ0) is 13.1. The number of rotatable bonds is 4. The van der Waals surface area contributed by atoms with Crippen molar-refractivity contribution < 1.29 is 4.74 Å². The third kappa shape index (κ3) is 2.67. The van der Waals surface area contributed by atoms with E-state index in [2.05, 4.69) is 19.9 Å². The minimum atomic E-state index is 0.230. The molecule has 1 atom stereocenters. The van der Waals surface area contributed by atoms with Gasteiger partial charge in [-0.1, -0.05) is 6.07 Å². The molecule has 3 heterocycles. The van der Waals surface area contributed by atoms with E-state index in [1.54, 1.807) is 6.20 Å². The average Bonchev–Trinajstić information content (AvgIpc) is 2.83. The first-order valence-electron chi connectivity index (χ1n) is 6.54. The third-order valence-corrected chi connectivity index (χ3v) is 3.42. The number of hydrogen-bond donors (Lipinski definition) is 1. The number of aryl methyl sites for hydroxylation is 1. The van der Waals surface area contributed by atoms with Crippen LogP contribution in [0.15, 0.2) is 30.9 Å². The van der Waals surface area contributed by atoms with E-state index in [0.29, 0.717) is 13.2 Å². The molecule has 0 radical (unpaired) electrons. The van der Waals surface area contributed by atoms with Gasteiger partial charge >= 0.3 is 0 Å². The van der Waals surface area contributed by atoms with Gasteiger partial charge < -0.3 is 14.6 Å². The van der Waals surface area contributed by atoms with Crippen molar-refractivity contribution in [1.29, 1.82) is 0 Å². The summed E-state index contributed by atoms with van der Waals surface area (Å²) in [7, 11) is 2.03. The fourth-order valence-electron chi connectivity index (χ4n) is 2.51. The average molecular weight is 258 g/mol. The fraction of sp³-hybridized carbons (Fsp3) is 0.429. The molecular weight excluding hydrogens is 240 g/mol. The molecule has 5 nitrogen and oxygen atoms in total. The van der Waals surface area contributed by atoms with Crippen LogP contribution in [0.4, 0.5) is 0 Å². The van der Waals surface area contributed by atoms with E-state index in [-0.39, 0.29) is 6.04 Å². The standard InChI is InChI=1S/C14H18N4O/c1-18-10-17-12-4-6-16-13(14(12)18)9-19-8-11-3-2-5-15-7-11/h2-3,5,7,10,13,16H,4,6,8-9H2,1H3/t13-/m1/s1. The lowest BCUT2D eigenvalue weighted by Gasteiger charge is -2.24. The van der Waals surface area contributed by atoms with Crippen LogP contribution in [0, 0.1) is 0 Å². The van der Waals surface area contributed by atoms with E-state index in [0.717, 1.165) is 18.5 Å². The number of ether oxygens (including phenoxy) is 1. The summed E-state index contributed by atoms with van der Waals surface area (Å²) in [4.78, 5) is 8.51. The lowest BCUT2D eigenvalue weighted by Crippen LogP contribution is -2.34. The summed E-state index contributed by atoms with van der Waals surface area (Å²) in [6, 6.07) is 4.18. The Labute approximate surface area is 112 Å². The summed E-state index contributed by atoms with van der Waals surface area (Å²) >= 11 is 0. The molecule has 0 aliphatic carbocycles. The van der Waals surface area contributed by atoms with Gasteiger partial charge in [0.25, 0.3) is 0 Å². The largest absolute Gasteiger partial charge is 0.375 e. The van der Waals surface area contributed by atoms with Gasteiger partial charge in [-0.2, -0.15) is 0 Å². The van der Waals surface area contributed by atoms with E-state index in [1.807, 2.05) is 31.7 Å². The maximum absolute atomic E-state index is 5.80. The zero-order valence-electron chi connectivity index (χ0n) is 11.0. The van der Waals surface area contributed by atoms with Gasteiger partial charge in [-0.05, 0) is 11.6 Å². The van der Waals surface area contributed by atoms with Crippen LogP contribution in [0.2, 0.25) is 0 Å². The van der Waals surface area contributed by atoms with Gasteiger partial charge in [-0.3, -0.25) is 4.98 Å². The van der Waals surface area contributed by atoms with Gasteiger partial charge in [0.1, 0.15) is 0 Å². The van der Waals surface area contributed by atoms with Crippen LogP contribution in [0.5, 0.6) is 0 Å². The summed E-state index contributed by atoms with van der Waals surface area (Å²) in [5.74, 6) is 0. The summed E-state index contributed by atoms with van der Waals surface area (Å²) in [6.45, 7) is 2.21. The van der Waals surface area contributed by atoms with Gasteiger partial charge in [-0.25, -0.2) is 4.98 Å². The number of pyridine rings is 1. The van der Waals surface area contributed by atoms with Crippen molar-refractivity contribution in [3.05, 3.63) is 47.8 Å². The number of nitrogens with one attached hydrogen (secondary N) is 1. The van der Waals surface area contributed by atoms with E-state index < -0.39 is 0 Å². The van der Waals surface area contributed by atoms with Gasteiger partial charge in [0, 0.05) is 32.4 Å². The van der Waals surface area contributed by atoms with Gasteiger partial charge in [0.2, 0.25) is 0 Å². The van der Waals surface area contributed by atoms with Crippen molar-refractivity contribution in [2.75, 3.05) is 13.2 Å². The van der Waals surface area contributed by atoms with Crippen molar-refractivity contribution in [2.45, 2.75) is 19.1 Å². The predicted octanol–water partition coefficient (Wildman–Crippen LogP) is 1.22. The molecule has 2 aromatic heterocycles. The molecule has 0 unspecified atom stereocenters. The number of imidazole rings is 1. The van der Waals surface area contributed by atoms with Crippen molar-refractivity contribution in [3.63, 3.8) is 0 Å². The quantitative estimate of drug-likeness (QED) is 0.896. The molecule has 1 aliphatic heterocycles. The molecule has 1 N–H and O–H groups in total. The number of hydrogen-bond acceptors (Lipinski definition) is 4. The summed E-state index contributed by atoms with van der Waals surface area (Å²) in [5.41, 5.74) is 3.54. The molecule has 19 heavy (non-hydrogen) atoms. The monoisotopic (exact) mass is 258 g/mol. The molecule has 100 valence electrons. The van der Waals surface area contributed by atoms with Gasteiger partial charge in [0.15, 0.2) is 0 Å². The van der Waals surface area contributed by atoms with Crippen LogP contribution in [-0.2, 0) is 24.8 Å². The lowest BCUT2D eigenvalue weighted by molar-refractivity contribution is 0.0948. The molecule has 0 spiro atoms. The Kier molecular flexibility index (Phi) is 3.57. The number of nitrogens with zero attached hydrogens (tertiary/aromatic N) is 3. The van der Waals surface area contributed by atoms with Crippen LogP contribution < -0.4 is 5.32 Å². The first-order chi connectivity index (χ1) is 9.34. The number of aromatic nitrogens is 3. The molecule has 1 aliphatic rings. The second kappa shape index (κ2) is 5.50. The minimum Gasteiger partial charge on any atom is -0.375 e. The fourth-order valence-corrected chi connectivity index (χ4v) is 2.51. The molecule has 0 amide bonds. The van der Waals surface area contributed by atoms with E-state index in [1.165, 1.54) is 11.4 Å². The second-order valence-electron chi connectivity index (χ2n) is 4.82. The van der Waals surface area contributed by atoms with Crippen LogP contribution in [-0.4, -0.2) is 27.7 Å². The lowest BCUT2D eigenvalue weighted by atomic mass is 10.1. The minimum absolute atomic E-state index is 0.230. The highest BCUT2D eigenvalue weighted by Gasteiger charge is 2.23. The molecular formula is C14H18N4O. The summed E-state index contributed by atoms with van der Waals surface area (Å²) < 4.78 is 7.88. The van der Waals surface area contributed by atoms with Gasteiger partial charge in [0.05, 0.1) is 37.0 Å². The van der Waals surface area contributed by atoms with E-state index in [9.17, 15) is 0 Å². The van der Waals surface area contributed by atoms with E-state index in [4.69, 9.17) is 4.74 Å². The van der Waals surface area contributed by atoms with Crippen LogP contribution in [0.3, 0.4) is 0 Å². The molecule has 2 aromatic rings. The normalized spacial score (nSPS) is 18.3. The molecule has 5 heteroatoms. The number of fused-ring (bicyclic) bond motifs is 1. The first kappa shape index (κ1) is 12.3. The van der Waals surface area contributed by atoms with Crippen molar-refractivity contribution in [2.24, 2.45) is 7.05 Å². The Morgan fingerprint density at radius 1 is 1.53 bits per heavy atom. The molecule has 3 rings (SSSR count). The topological polar surface area (TPSA) is 52.0 Å². The molecule has 0 saturated heterocycles. The highest BCUT2D eigenvalue weighted by Crippen LogP contribution is 2.21. The highest BCUT2D eigenvalue weighted by atomic mass is 16.5. The maximum atomic E-state index is 5.80. The predicted molar refractivity (Wildman–Crippen MR) is 71.5 cm³/mol. The Hall–Kier alpha value is -1.72. The molecule has 0 bridgehead atoms. The molecule has 0 saturated carbocycles. The maximum Gasteiger partial charge on any atom is 0.0949 e. The van der Waals surface area contributed by atoms with E-state index >= 15 is 0 Å². The Morgan fingerprint density at radius 3 is 3.32 bits per heavy atom. The van der Waals surface area contributed by atoms with Gasteiger partial charge in [-0.15, -0.1) is 0 Å². The van der Waals surface area contributed by atoms with Crippen LogP contribution >= 0.6 is 0 Å². The van der Waals surface area contributed by atoms with Crippen molar-refractivity contribution >= 4 is 0 Å².